The molecule has 6 nitrogen and oxygen atoms in total. The molecule has 0 atom stereocenters. The Labute approximate surface area is 102 Å². The maximum absolute atomic E-state index is 9.64. The molecule has 100 valence electrons. The summed E-state index contributed by atoms with van der Waals surface area (Å²) in [5, 5.41) is 19.2. The van der Waals surface area contributed by atoms with Gasteiger partial charge in [0.25, 0.3) is 0 Å². The van der Waals surface area contributed by atoms with Crippen molar-refractivity contribution in [2.45, 2.75) is 32.2 Å². The summed E-state index contributed by atoms with van der Waals surface area (Å²) in [7, 11) is 2.18. The average Bonchev–Trinajstić information content (AvgIpc) is 2.20. The van der Waals surface area contributed by atoms with Gasteiger partial charge in [0.2, 0.25) is 0 Å². The molecular formula is C11H22N2O4. The van der Waals surface area contributed by atoms with Crippen LogP contribution < -0.4 is 5.32 Å². The lowest BCUT2D eigenvalue weighted by molar-refractivity contribution is -0.143. The molecule has 6 heteroatoms. The first kappa shape index (κ1) is 15.9. The molecule has 0 bridgehead atoms. The first-order valence-corrected chi connectivity index (χ1v) is 5.61. The van der Waals surface area contributed by atoms with Crippen molar-refractivity contribution in [3.8, 4) is 0 Å². The van der Waals surface area contributed by atoms with E-state index in [0.29, 0.717) is 5.54 Å². The number of carbonyl (C=O) groups is 2. The Bertz CT molecular complexity index is 252. The minimum absolute atomic E-state index is 0.296. The molecule has 0 aromatic heterocycles. The summed E-state index contributed by atoms with van der Waals surface area (Å²) in [6.07, 6.45) is -0.593. The second kappa shape index (κ2) is 7.24. The molecule has 0 radical (unpaired) electrons. The molecule has 1 heterocycles. The van der Waals surface area contributed by atoms with Crippen molar-refractivity contribution >= 4 is 11.9 Å². The maximum Gasteiger partial charge on any atom is 0.303 e. The zero-order valence-electron chi connectivity index (χ0n) is 10.7. The Balaban J connectivity index is 0.000000304. The van der Waals surface area contributed by atoms with E-state index in [-0.39, 0.29) is 12.8 Å². The van der Waals surface area contributed by atoms with E-state index < -0.39 is 11.9 Å². The Morgan fingerprint density at radius 2 is 1.71 bits per heavy atom. The van der Waals surface area contributed by atoms with Crippen LogP contribution >= 0.6 is 0 Å². The van der Waals surface area contributed by atoms with Gasteiger partial charge in [0.1, 0.15) is 0 Å². The van der Waals surface area contributed by atoms with E-state index in [4.69, 9.17) is 10.2 Å². The van der Waals surface area contributed by atoms with E-state index in [1.807, 2.05) is 0 Å². The molecule has 1 fully saturated rings. The molecule has 0 unspecified atom stereocenters. The fraction of sp³-hybridized carbons (Fsp3) is 0.818. The number of piperazine rings is 1. The standard InChI is InChI=1S/C7H16N2.C4H6O4/c1-7(2)6-8-4-5-9(7)3;5-3(6)1-2-4(7)8/h8H,4-6H2,1-3H3;1-2H2,(H,5,6)(H,7,8). The van der Waals surface area contributed by atoms with Gasteiger partial charge in [-0.05, 0) is 20.9 Å². The lowest BCUT2D eigenvalue weighted by atomic mass is 10.0. The van der Waals surface area contributed by atoms with Crippen molar-refractivity contribution in [3.63, 3.8) is 0 Å². The van der Waals surface area contributed by atoms with Crippen LogP contribution in [0.5, 0.6) is 0 Å². The lowest BCUT2D eigenvalue weighted by Gasteiger charge is -2.40. The molecule has 0 aliphatic carbocycles. The Morgan fingerprint density at radius 3 is 1.94 bits per heavy atom. The highest BCUT2D eigenvalue weighted by Crippen LogP contribution is 2.12. The monoisotopic (exact) mass is 246 g/mol. The van der Waals surface area contributed by atoms with E-state index in [0.717, 1.165) is 13.1 Å². The number of hydrogen-bond acceptors (Lipinski definition) is 4. The van der Waals surface area contributed by atoms with Gasteiger partial charge in [-0.2, -0.15) is 0 Å². The SMILES string of the molecule is CN1CCNCC1(C)C.O=C(O)CCC(=O)O. The number of nitrogens with zero attached hydrogens (tertiary/aromatic N) is 1. The molecular weight excluding hydrogens is 224 g/mol. The largest absolute Gasteiger partial charge is 0.481 e. The van der Waals surface area contributed by atoms with Gasteiger partial charge < -0.3 is 15.5 Å². The van der Waals surface area contributed by atoms with Gasteiger partial charge in [-0.15, -0.1) is 0 Å². The normalized spacial score (nSPS) is 19.0. The fourth-order valence-electron chi connectivity index (χ4n) is 1.29. The number of rotatable bonds is 3. The minimum Gasteiger partial charge on any atom is -0.481 e. The van der Waals surface area contributed by atoms with Gasteiger partial charge in [-0.25, -0.2) is 0 Å². The molecule has 1 saturated heterocycles. The van der Waals surface area contributed by atoms with Gasteiger partial charge in [-0.3, -0.25) is 14.5 Å². The summed E-state index contributed by atoms with van der Waals surface area (Å²) in [4.78, 5) is 21.7. The molecule has 3 N–H and O–H groups in total. The number of carboxylic acid groups (broad SMARTS) is 2. The summed E-state index contributed by atoms with van der Waals surface area (Å²) in [5.41, 5.74) is 0.359. The highest BCUT2D eigenvalue weighted by atomic mass is 16.4. The van der Waals surface area contributed by atoms with E-state index >= 15 is 0 Å². The van der Waals surface area contributed by atoms with Gasteiger partial charge in [-0.1, -0.05) is 0 Å². The van der Waals surface area contributed by atoms with Crippen LogP contribution in [0.1, 0.15) is 26.7 Å². The molecule has 0 spiro atoms. The van der Waals surface area contributed by atoms with Crippen molar-refractivity contribution in [1.82, 2.24) is 10.2 Å². The van der Waals surface area contributed by atoms with Crippen LogP contribution in [0, 0.1) is 0 Å². The van der Waals surface area contributed by atoms with Crippen molar-refractivity contribution in [3.05, 3.63) is 0 Å². The highest BCUT2D eigenvalue weighted by molar-refractivity contribution is 5.75. The van der Waals surface area contributed by atoms with E-state index in [2.05, 4.69) is 31.1 Å². The molecule has 0 aromatic rings. The first-order valence-electron chi connectivity index (χ1n) is 5.61. The molecule has 1 aliphatic rings. The molecule has 0 aromatic carbocycles. The third-order valence-electron chi connectivity index (χ3n) is 2.77. The summed E-state index contributed by atoms with van der Waals surface area (Å²) < 4.78 is 0. The molecule has 1 aliphatic heterocycles. The summed E-state index contributed by atoms with van der Waals surface area (Å²) in [5.74, 6) is -2.15. The quantitative estimate of drug-likeness (QED) is 0.660. The summed E-state index contributed by atoms with van der Waals surface area (Å²) in [6.45, 7) is 7.95. The van der Waals surface area contributed by atoms with E-state index in [1.54, 1.807) is 0 Å². The first-order chi connectivity index (χ1) is 7.75. The zero-order chi connectivity index (χ0) is 13.5. The highest BCUT2D eigenvalue weighted by Gasteiger charge is 2.25. The van der Waals surface area contributed by atoms with Crippen molar-refractivity contribution in [2.24, 2.45) is 0 Å². The number of nitrogens with one attached hydrogen (secondary N) is 1. The molecule has 17 heavy (non-hydrogen) atoms. The van der Waals surface area contributed by atoms with Gasteiger partial charge in [0, 0.05) is 25.2 Å². The van der Waals surface area contributed by atoms with Crippen LogP contribution in [0.15, 0.2) is 0 Å². The van der Waals surface area contributed by atoms with Gasteiger partial charge >= 0.3 is 11.9 Å². The number of aliphatic carboxylic acids is 2. The topological polar surface area (TPSA) is 89.9 Å². The van der Waals surface area contributed by atoms with Crippen LogP contribution in [0.3, 0.4) is 0 Å². The minimum atomic E-state index is -1.08. The van der Waals surface area contributed by atoms with Crippen molar-refractivity contribution in [2.75, 3.05) is 26.7 Å². The maximum atomic E-state index is 9.64. The molecule has 0 saturated carbocycles. The van der Waals surface area contributed by atoms with Crippen LogP contribution in [0.4, 0.5) is 0 Å². The number of carboxylic acids is 2. The summed E-state index contributed by atoms with van der Waals surface area (Å²) >= 11 is 0. The Morgan fingerprint density at radius 1 is 1.24 bits per heavy atom. The molecule has 0 amide bonds. The molecule has 1 rings (SSSR count). The van der Waals surface area contributed by atoms with Crippen molar-refractivity contribution < 1.29 is 19.8 Å². The van der Waals surface area contributed by atoms with Crippen LogP contribution in [-0.2, 0) is 9.59 Å². The third-order valence-corrected chi connectivity index (χ3v) is 2.77. The lowest BCUT2D eigenvalue weighted by Crippen LogP contribution is -2.55. The van der Waals surface area contributed by atoms with Gasteiger partial charge in [0.15, 0.2) is 0 Å². The number of hydrogen-bond donors (Lipinski definition) is 3. The van der Waals surface area contributed by atoms with E-state index in [9.17, 15) is 9.59 Å². The Kier molecular flexibility index (Phi) is 6.75. The van der Waals surface area contributed by atoms with Gasteiger partial charge in [0.05, 0.1) is 12.8 Å². The average molecular weight is 246 g/mol. The summed E-state index contributed by atoms with van der Waals surface area (Å²) in [6, 6.07) is 0. The van der Waals surface area contributed by atoms with E-state index in [1.165, 1.54) is 6.54 Å². The fourth-order valence-corrected chi connectivity index (χ4v) is 1.29. The van der Waals surface area contributed by atoms with Crippen molar-refractivity contribution in [1.29, 1.82) is 0 Å². The smallest absolute Gasteiger partial charge is 0.303 e. The van der Waals surface area contributed by atoms with Crippen LogP contribution in [-0.4, -0.2) is 59.3 Å². The van der Waals surface area contributed by atoms with Crippen LogP contribution in [0.2, 0.25) is 0 Å². The van der Waals surface area contributed by atoms with Crippen LogP contribution in [0.25, 0.3) is 0 Å². The predicted molar refractivity (Wildman–Crippen MR) is 64.1 cm³/mol. The second-order valence-electron chi connectivity index (χ2n) is 4.70. The zero-order valence-corrected chi connectivity index (χ0v) is 10.7. The second-order valence-corrected chi connectivity index (χ2v) is 4.70. The Hall–Kier alpha value is -1.14. The predicted octanol–water partition coefficient (Wildman–Crippen LogP) is 0.236. The third kappa shape index (κ3) is 7.70. The number of likely N-dealkylation sites (N-methyl/N-ethyl adjacent to an activating group) is 1.